The van der Waals surface area contributed by atoms with Crippen LogP contribution in [0.2, 0.25) is 0 Å². The maximum absolute atomic E-state index is 5.85. The summed E-state index contributed by atoms with van der Waals surface area (Å²) in [5.41, 5.74) is 6.16. The summed E-state index contributed by atoms with van der Waals surface area (Å²) in [7, 11) is 0. The van der Waals surface area contributed by atoms with Crippen molar-refractivity contribution in [2.75, 3.05) is 42.1 Å². The lowest BCUT2D eigenvalue weighted by molar-refractivity contribution is 0.389. The second kappa shape index (κ2) is 6.47. The van der Waals surface area contributed by atoms with Crippen molar-refractivity contribution >= 4 is 17.6 Å². The number of hydrogen-bond acceptors (Lipinski definition) is 6. The third-order valence-corrected chi connectivity index (χ3v) is 3.60. The van der Waals surface area contributed by atoms with Crippen LogP contribution >= 0.6 is 0 Å². The highest BCUT2D eigenvalue weighted by Gasteiger charge is 2.18. The van der Waals surface area contributed by atoms with Crippen LogP contribution in [0.25, 0.3) is 0 Å². The summed E-state index contributed by atoms with van der Waals surface area (Å²) < 4.78 is 0. The molecular weight excluding hydrogens is 264 g/mol. The number of rotatable bonds is 4. The molecule has 0 spiro atoms. The smallest absolute Gasteiger partial charge is 0.223 e. The van der Waals surface area contributed by atoms with Crippen molar-refractivity contribution < 1.29 is 0 Å². The summed E-state index contributed by atoms with van der Waals surface area (Å²) in [5, 5.41) is 6.79. The van der Waals surface area contributed by atoms with E-state index in [1.165, 1.54) is 0 Å². The van der Waals surface area contributed by atoms with Gasteiger partial charge in [-0.3, -0.25) is 0 Å². The highest BCUT2D eigenvalue weighted by Crippen LogP contribution is 2.21. The second-order valence-electron chi connectivity index (χ2n) is 7.01. The SMILES string of the molecule is C[C@H]1CN(c2cc(NCCC(C)(C)C)nc(N)n2)CCN1. The molecule has 6 heteroatoms. The Labute approximate surface area is 127 Å². The molecule has 1 saturated heterocycles. The predicted octanol–water partition coefficient (Wildman–Crippen LogP) is 1.70. The van der Waals surface area contributed by atoms with Crippen LogP contribution in [0, 0.1) is 5.41 Å². The molecule has 0 unspecified atom stereocenters. The first-order chi connectivity index (χ1) is 9.83. The lowest BCUT2D eigenvalue weighted by Gasteiger charge is -2.32. The molecule has 21 heavy (non-hydrogen) atoms. The Balaban J connectivity index is 2.03. The van der Waals surface area contributed by atoms with Crippen LogP contribution in [0.4, 0.5) is 17.6 Å². The third kappa shape index (κ3) is 5.04. The number of anilines is 3. The van der Waals surface area contributed by atoms with Crippen molar-refractivity contribution in [2.24, 2.45) is 5.41 Å². The monoisotopic (exact) mass is 292 g/mol. The van der Waals surface area contributed by atoms with Gasteiger partial charge < -0.3 is 21.3 Å². The maximum Gasteiger partial charge on any atom is 0.223 e. The van der Waals surface area contributed by atoms with Gasteiger partial charge in [-0.2, -0.15) is 9.97 Å². The molecule has 1 aromatic heterocycles. The number of hydrogen-bond donors (Lipinski definition) is 3. The number of nitrogens with one attached hydrogen (secondary N) is 2. The van der Waals surface area contributed by atoms with Crippen LogP contribution in [0.5, 0.6) is 0 Å². The first-order valence-corrected chi connectivity index (χ1v) is 7.70. The normalized spacial score (nSPS) is 19.6. The van der Waals surface area contributed by atoms with E-state index in [2.05, 4.69) is 53.2 Å². The lowest BCUT2D eigenvalue weighted by Crippen LogP contribution is -2.49. The third-order valence-electron chi connectivity index (χ3n) is 3.60. The van der Waals surface area contributed by atoms with Gasteiger partial charge in [0.2, 0.25) is 5.95 Å². The largest absolute Gasteiger partial charge is 0.370 e. The molecular formula is C15H28N6. The molecule has 2 rings (SSSR count). The second-order valence-corrected chi connectivity index (χ2v) is 7.01. The van der Waals surface area contributed by atoms with E-state index in [4.69, 9.17) is 5.73 Å². The van der Waals surface area contributed by atoms with Crippen LogP contribution in [-0.4, -0.2) is 42.2 Å². The lowest BCUT2D eigenvalue weighted by atomic mass is 9.92. The van der Waals surface area contributed by atoms with Crippen molar-refractivity contribution in [2.45, 2.75) is 40.2 Å². The molecule has 0 aliphatic carbocycles. The average Bonchev–Trinajstić information content (AvgIpc) is 2.36. The summed E-state index contributed by atoms with van der Waals surface area (Å²) in [5.74, 6) is 2.05. The fourth-order valence-corrected chi connectivity index (χ4v) is 2.41. The molecule has 6 nitrogen and oxygen atoms in total. The first-order valence-electron chi connectivity index (χ1n) is 7.70. The summed E-state index contributed by atoms with van der Waals surface area (Å²) in [6.45, 7) is 12.6. The zero-order chi connectivity index (χ0) is 15.5. The van der Waals surface area contributed by atoms with Gasteiger partial charge in [-0.25, -0.2) is 0 Å². The number of nitrogens with zero attached hydrogens (tertiary/aromatic N) is 3. The first kappa shape index (κ1) is 15.8. The van der Waals surface area contributed by atoms with E-state index in [0.717, 1.165) is 44.2 Å². The number of nitrogen functional groups attached to an aromatic ring is 1. The quantitative estimate of drug-likeness (QED) is 0.784. The van der Waals surface area contributed by atoms with Crippen molar-refractivity contribution in [3.8, 4) is 0 Å². The number of aromatic nitrogens is 2. The van der Waals surface area contributed by atoms with Crippen LogP contribution in [0.1, 0.15) is 34.1 Å². The predicted molar refractivity (Wildman–Crippen MR) is 88.7 cm³/mol. The molecule has 2 heterocycles. The van der Waals surface area contributed by atoms with Crippen molar-refractivity contribution in [1.82, 2.24) is 15.3 Å². The van der Waals surface area contributed by atoms with Gasteiger partial charge in [-0.1, -0.05) is 20.8 Å². The molecule has 0 saturated carbocycles. The Kier molecular flexibility index (Phi) is 4.88. The van der Waals surface area contributed by atoms with Gasteiger partial charge in [0.1, 0.15) is 11.6 Å². The highest BCUT2D eigenvalue weighted by molar-refractivity contribution is 5.53. The molecule has 1 fully saturated rings. The standard InChI is InChI=1S/C15H28N6/c1-11-10-21(8-7-17-11)13-9-12(19-14(16)20-13)18-6-5-15(2,3)4/h9,11,17H,5-8,10H2,1-4H3,(H3,16,18,19,20)/t11-/m0/s1. The Morgan fingerprint density at radius 3 is 2.86 bits per heavy atom. The Hall–Kier alpha value is -1.56. The summed E-state index contributed by atoms with van der Waals surface area (Å²) >= 11 is 0. The van der Waals surface area contributed by atoms with E-state index in [9.17, 15) is 0 Å². The van der Waals surface area contributed by atoms with Crippen molar-refractivity contribution in [3.05, 3.63) is 6.07 Å². The average molecular weight is 292 g/mol. The molecule has 0 bridgehead atoms. The van der Waals surface area contributed by atoms with Gasteiger partial charge >= 0.3 is 0 Å². The van der Waals surface area contributed by atoms with Crippen molar-refractivity contribution in [1.29, 1.82) is 0 Å². The minimum atomic E-state index is 0.308. The molecule has 1 aliphatic heterocycles. The minimum Gasteiger partial charge on any atom is -0.370 e. The Morgan fingerprint density at radius 1 is 1.43 bits per heavy atom. The Bertz CT molecular complexity index is 468. The van der Waals surface area contributed by atoms with Crippen LogP contribution < -0.4 is 21.3 Å². The van der Waals surface area contributed by atoms with E-state index in [1.807, 2.05) is 6.07 Å². The molecule has 1 atom stereocenters. The fourth-order valence-electron chi connectivity index (χ4n) is 2.41. The Morgan fingerprint density at radius 2 is 2.19 bits per heavy atom. The van der Waals surface area contributed by atoms with Gasteiger partial charge in [0.15, 0.2) is 0 Å². The minimum absolute atomic E-state index is 0.308. The van der Waals surface area contributed by atoms with Crippen LogP contribution in [0.3, 0.4) is 0 Å². The van der Waals surface area contributed by atoms with E-state index in [0.29, 0.717) is 17.4 Å². The summed E-state index contributed by atoms with van der Waals surface area (Å²) in [6, 6.07) is 2.46. The van der Waals surface area contributed by atoms with E-state index >= 15 is 0 Å². The fraction of sp³-hybridized carbons (Fsp3) is 0.733. The summed E-state index contributed by atoms with van der Waals surface area (Å²) in [4.78, 5) is 10.9. The van der Waals surface area contributed by atoms with Gasteiger partial charge in [0.05, 0.1) is 0 Å². The van der Waals surface area contributed by atoms with E-state index < -0.39 is 0 Å². The number of nitrogens with two attached hydrogens (primary N) is 1. The van der Waals surface area contributed by atoms with Crippen LogP contribution in [0.15, 0.2) is 6.07 Å². The van der Waals surface area contributed by atoms with Gasteiger partial charge in [-0.15, -0.1) is 0 Å². The molecule has 1 aromatic rings. The molecule has 118 valence electrons. The highest BCUT2D eigenvalue weighted by atomic mass is 15.3. The van der Waals surface area contributed by atoms with Crippen LogP contribution in [-0.2, 0) is 0 Å². The van der Waals surface area contributed by atoms with E-state index in [-0.39, 0.29) is 0 Å². The zero-order valence-electron chi connectivity index (χ0n) is 13.6. The van der Waals surface area contributed by atoms with Gasteiger partial charge in [0.25, 0.3) is 0 Å². The molecule has 0 radical (unpaired) electrons. The van der Waals surface area contributed by atoms with Crippen molar-refractivity contribution in [3.63, 3.8) is 0 Å². The number of piperazine rings is 1. The molecule has 0 amide bonds. The zero-order valence-corrected chi connectivity index (χ0v) is 13.6. The summed E-state index contributed by atoms with van der Waals surface area (Å²) in [6.07, 6.45) is 1.08. The van der Waals surface area contributed by atoms with Gasteiger partial charge in [0, 0.05) is 38.3 Å². The topological polar surface area (TPSA) is 79.1 Å². The van der Waals surface area contributed by atoms with E-state index in [1.54, 1.807) is 0 Å². The molecule has 4 N–H and O–H groups in total. The maximum atomic E-state index is 5.85. The molecule has 1 aliphatic rings. The molecule has 0 aromatic carbocycles. The van der Waals surface area contributed by atoms with Gasteiger partial charge in [-0.05, 0) is 18.8 Å².